The van der Waals surface area contributed by atoms with Crippen LogP contribution in [-0.2, 0) is 24.1 Å². The van der Waals surface area contributed by atoms with Gasteiger partial charge in [-0.15, -0.1) is 0 Å². The van der Waals surface area contributed by atoms with E-state index in [1.807, 2.05) is 6.07 Å². The summed E-state index contributed by atoms with van der Waals surface area (Å²) >= 11 is 3.67. The van der Waals surface area contributed by atoms with Crippen LogP contribution in [0.3, 0.4) is 0 Å². The molecule has 0 amide bonds. The summed E-state index contributed by atoms with van der Waals surface area (Å²) in [7, 11) is 0. The van der Waals surface area contributed by atoms with Crippen molar-refractivity contribution in [3.8, 4) is 0 Å². The zero-order valence-electron chi connectivity index (χ0n) is 11.7. The molecule has 0 radical (unpaired) electrons. The van der Waals surface area contributed by atoms with Gasteiger partial charge < -0.3 is 4.55 Å². The molecule has 5 heteroatoms. The maximum absolute atomic E-state index is 8.78. The van der Waals surface area contributed by atoms with E-state index in [1.54, 1.807) is 0 Å². The van der Waals surface area contributed by atoms with Crippen molar-refractivity contribution in [2.75, 3.05) is 0 Å². The largest absolute Gasteiger partial charge is 0.760 e. The van der Waals surface area contributed by atoms with E-state index in [4.69, 9.17) is 20.4 Å². The van der Waals surface area contributed by atoms with Crippen molar-refractivity contribution < 1.29 is 8.76 Å². The van der Waals surface area contributed by atoms with Crippen LogP contribution >= 0.6 is 11.6 Å². The third-order valence-corrected chi connectivity index (χ3v) is 3.00. The van der Waals surface area contributed by atoms with Crippen molar-refractivity contribution in [2.24, 2.45) is 5.14 Å². The number of nitrogens with two attached hydrogens (primary N) is 1. The summed E-state index contributed by atoms with van der Waals surface area (Å²) in [5.41, 5.74) is 2.95. The first-order valence-corrected chi connectivity index (χ1v) is 8.13. The summed E-state index contributed by atoms with van der Waals surface area (Å²) in [5, 5.41) is 4.90. The van der Waals surface area contributed by atoms with Crippen molar-refractivity contribution in [2.45, 2.75) is 52.4 Å². The van der Waals surface area contributed by atoms with E-state index in [0.717, 1.165) is 5.02 Å². The fourth-order valence-corrected chi connectivity index (χ4v) is 2.00. The van der Waals surface area contributed by atoms with Crippen molar-refractivity contribution in [3.63, 3.8) is 0 Å². The zero-order valence-corrected chi connectivity index (χ0v) is 13.2. The van der Waals surface area contributed by atoms with Crippen LogP contribution in [0.4, 0.5) is 0 Å². The topological polar surface area (TPSA) is 66.2 Å². The third-order valence-electron chi connectivity index (χ3n) is 2.77. The average molecular weight is 305 g/mol. The van der Waals surface area contributed by atoms with Gasteiger partial charge in [0.2, 0.25) is 0 Å². The molecular weight excluding hydrogens is 282 g/mol. The van der Waals surface area contributed by atoms with Gasteiger partial charge in [-0.1, -0.05) is 44.4 Å². The van der Waals surface area contributed by atoms with Gasteiger partial charge in [0.25, 0.3) is 0 Å². The molecule has 1 atom stereocenters. The second-order valence-electron chi connectivity index (χ2n) is 4.38. The minimum Gasteiger partial charge on any atom is -0.760 e. The van der Waals surface area contributed by atoms with E-state index in [1.165, 1.54) is 49.7 Å². The minimum absolute atomic E-state index is 0.876. The Labute approximate surface area is 124 Å². The van der Waals surface area contributed by atoms with Gasteiger partial charge in [-0.2, -0.15) is 0 Å². The Bertz CT molecular complexity index is 382. The predicted octanol–water partition coefficient (Wildman–Crippen LogP) is 3.76. The van der Waals surface area contributed by atoms with Crippen LogP contribution in [0.25, 0.3) is 0 Å². The highest BCUT2D eigenvalue weighted by molar-refractivity contribution is 7.76. The summed E-state index contributed by atoms with van der Waals surface area (Å²) in [6.07, 6.45) is 7.43. The van der Waals surface area contributed by atoms with Gasteiger partial charge in [0.15, 0.2) is 0 Å². The second kappa shape index (κ2) is 11.4. The van der Waals surface area contributed by atoms with Gasteiger partial charge in [-0.25, -0.2) is 0 Å². The molecule has 0 aliphatic rings. The zero-order chi connectivity index (χ0) is 14.7. The van der Waals surface area contributed by atoms with Crippen LogP contribution in [0.1, 0.15) is 50.7 Å². The molecule has 0 aromatic heterocycles. The Morgan fingerprint density at radius 1 is 1.16 bits per heavy atom. The molecule has 0 fully saturated rings. The first kappa shape index (κ1) is 18.6. The lowest BCUT2D eigenvalue weighted by Crippen LogP contribution is -1.97. The molecule has 0 spiro atoms. The molecule has 0 aliphatic carbocycles. The number of hydrogen-bond donors (Lipinski definition) is 1. The highest BCUT2D eigenvalue weighted by Crippen LogP contribution is 2.20. The first-order chi connectivity index (χ1) is 9.01. The number of rotatable bonds is 6. The molecule has 19 heavy (non-hydrogen) atoms. The van der Waals surface area contributed by atoms with Crippen LogP contribution in [0, 0.1) is 0 Å². The predicted molar refractivity (Wildman–Crippen MR) is 81.8 cm³/mol. The van der Waals surface area contributed by atoms with Crippen molar-refractivity contribution in [3.05, 3.63) is 34.3 Å². The van der Waals surface area contributed by atoms with Gasteiger partial charge in [-0.05, 0) is 48.9 Å². The SMILES string of the molecule is CCCCc1ccc(Cl)cc1CCCC.NS(=O)[O-]. The molecule has 110 valence electrons. The van der Waals surface area contributed by atoms with Gasteiger partial charge in [0.05, 0.1) is 0 Å². The fraction of sp³-hybridized carbons (Fsp3) is 0.571. The van der Waals surface area contributed by atoms with E-state index in [2.05, 4.69) is 31.1 Å². The summed E-state index contributed by atoms with van der Waals surface area (Å²) in [4.78, 5) is 0. The summed E-state index contributed by atoms with van der Waals surface area (Å²) in [5.74, 6) is 0. The highest BCUT2D eigenvalue weighted by atomic mass is 35.5. The Morgan fingerprint density at radius 3 is 2.11 bits per heavy atom. The van der Waals surface area contributed by atoms with Crippen molar-refractivity contribution in [1.29, 1.82) is 0 Å². The maximum Gasteiger partial charge on any atom is 0.0408 e. The second-order valence-corrected chi connectivity index (χ2v) is 5.34. The van der Waals surface area contributed by atoms with Crippen LogP contribution in [0.5, 0.6) is 0 Å². The summed E-state index contributed by atoms with van der Waals surface area (Å²) in [6.45, 7) is 4.47. The molecule has 0 saturated carbocycles. The fourth-order valence-electron chi connectivity index (χ4n) is 1.81. The standard InChI is InChI=1S/C14H21Cl.H3NO2S/c1-3-5-7-12-9-10-14(15)11-13(12)8-6-4-2;1-4(2)3/h9-11H,3-8H2,1-2H3;1H2,(H,2,3)/p-1. The Morgan fingerprint density at radius 2 is 1.63 bits per heavy atom. The molecule has 0 aliphatic heterocycles. The van der Waals surface area contributed by atoms with E-state index in [0.29, 0.717) is 0 Å². The smallest absolute Gasteiger partial charge is 0.0408 e. The molecule has 1 aromatic rings. The van der Waals surface area contributed by atoms with Crippen LogP contribution in [0.15, 0.2) is 18.2 Å². The van der Waals surface area contributed by atoms with Gasteiger partial charge >= 0.3 is 0 Å². The lowest BCUT2D eigenvalue weighted by atomic mass is 9.98. The molecule has 3 nitrogen and oxygen atoms in total. The maximum atomic E-state index is 8.78. The molecule has 0 bridgehead atoms. The lowest BCUT2D eigenvalue weighted by Gasteiger charge is -2.09. The summed E-state index contributed by atoms with van der Waals surface area (Å²) < 4.78 is 17.6. The van der Waals surface area contributed by atoms with Crippen molar-refractivity contribution >= 4 is 22.9 Å². The summed E-state index contributed by atoms with van der Waals surface area (Å²) in [6, 6.07) is 6.35. The number of aryl methyl sites for hydroxylation is 2. The normalized spacial score (nSPS) is 11.6. The minimum atomic E-state index is -2.36. The van der Waals surface area contributed by atoms with E-state index in [9.17, 15) is 0 Å². The van der Waals surface area contributed by atoms with E-state index < -0.39 is 11.3 Å². The molecule has 2 N–H and O–H groups in total. The highest BCUT2D eigenvalue weighted by Gasteiger charge is 2.02. The van der Waals surface area contributed by atoms with E-state index in [-0.39, 0.29) is 0 Å². The monoisotopic (exact) mass is 304 g/mol. The average Bonchev–Trinajstić information content (AvgIpc) is 2.34. The van der Waals surface area contributed by atoms with E-state index >= 15 is 0 Å². The van der Waals surface area contributed by atoms with Crippen molar-refractivity contribution in [1.82, 2.24) is 0 Å². The van der Waals surface area contributed by atoms with Crippen LogP contribution < -0.4 is 5.14 Å². The molecule has 1 rings (SSSR count). The Hall–Kier alpha value is -0.420. The van der Waals surface area contributed by atoms with Crippen LogP contribution in [-0.4, -0.2) is 8.76 Å². The third kappa shape index (κ3) is 10.1. The lowest BCUT2D eigenvalue weighted by molar-refractivity contribution is 0.539. The number of halogens is 1. The Kier molecular flexibility index (Phi) is 11.2. The van der Waals surface area contributed by atoms with Gasteiger partial charge in [0.1, 0.15) is 0 Å². The number of benzene rings is 1. The number of hydrogen-bond acceptors (Lipinski definition) is 2. The Balaban J connectivity index is 0.000000711. The molecule has 0 saturated heterocycles. The van der Waals surface area contributed by atoms with Gasteiger partial charge in [-0.3, -0.25) is 9.35 Å². The molecule has 0 heterocycles. The molecule has 1 aromatic carbocycles. The molecule has 1 unspecified atom stereocenters. The van der Waals surface area contributed by atoms with Crippen LogP contribution in [0.2, 0.25) is 5.02 Å². The van der Waals surface area contributed by atoms with Gasteiger partial charge in [0, 0.05) is 16.3 Å². The quantitative estimate of drug-likeness (QED) is 0.813. The first-order valence-electron chi connectivity index (χ1n) is 6.62. The molecular formula is C14H23ClNO2S-. The number of unbranched alkanes of at least 4 members (excludes halogenated alkanes) is 2.